The molecule has 0 radical (unpaired) electrons. The van der Waals surface area contributed by atoms with Crippen molar-refractivity contribution >= 4 is 39.6 Å². The lowest BCUT2D eigenvalue weighted by Gasteiger charge is -2.39. The number of ketones is 1. The van der Waals surface area contributed by atoms with Gasteiger partial charge in [-0.2, -0.15) is 0 Å². The molecule has 4 aromatic rings. The zero-order chi connectivity index (χ0) is 31.7. The average Bonchev–Trinajstić information content (AvgIpc) is 3.36. The van der Waals surface area contributed by atoms with Crippen molar-refractivity contribution in [1.29, 1.82) is 0 Å². The van der Waals surface area contributed by atoms with Crippen LogP contribution in [0.15, 0.2) is 45.6 Å². The van der Waals surface area contributed by atoms with Crippen LogP contribution in [0.1, 0.15) is 66.6 Å². The Bertz CT molecular complexity index is 1680. The quantitative estimate of drug-likeness (QED) is 0.150. The Hall–Kier alpha value is -3.75. The number of piperidine rings is 1. The summed E-state index contributed by atoms with van der Waals surface area (Å²) < 4.78 is 60.6. The molecule has 1 aliphatic carbocycles. The van der Waals surface area contributed by atoms with Gasteiger partial charge < -0.3 is 23.6 Å². The lowest BCUT2D eigenvalue weighted by Crippen LogP contribution is -2.46. The molecule has 3 aromatic heterocycles. The molecule has 2 aliphatic rings. The summed E-state index contributed by atoms with van der Waals surface area (Å²) in [6.07, 6.45) is -1.71. The van der Waals surface area contributed by atoms with E-state index < -0.39 is 12.3 Å². The molecule has 0 amide bonds. The van der Waals surface area contributed by atoms with Crippen molar-refractivity contribution in [3.05, 3.63) is 58.0 Å². The van der Waals surface area contributed by atoms with Crippen molar-refractivity contribution in [2.24, 2.45) is 0 Å². The summed E-state index contributed by atoms with van der Waals surface area (Å²) >= 11 is 2.88. The van der Waals surface area contributed by atoms with Gasteiger partial charge in [0.1, 0.15) is 23.0 Å². The fourth-order valence-electron chi connectivity index (χ4n) is 5.56. The number of Topliss-reactive ketones (excluding diaryl/α,β-unsaturated/α-hetero) is 1. The third kappa shape index (κ3) is 7.23. The number of methoxy groups -OCH3 is 1. The van der Waals surface area contributed by atoms with Gasteiger partial charge in [-0.05, 0) is 50.8 Å². The van der Waals surface area contributed by atoms with E-state index in [1.807, 2.05) is 5.38 Å². The molecule has 238 valence electrons. The lowest BCUT2D eigenvalue weighted by atomic mass is 9.95. The number of esters is 1. The molecule has 4 heterocycles. The van der Waals surface area contributed by atoms with Gasteiger partial charge in [0.05, 0.1) is 36.0 Å². The number of aromatic nitrogens is 2. The first-order valence-corrected chi connectivity index (χ1v) is 16.2. The van der Waals surface area contributed by atoms with E-state index in [0.717, 1.165) is 28.5 Å². The van der Waals surface area contributed by atoms with Crippen molar-refractivity contribution in [2.45, 2.75) is 70.1 Å². The van der Waals surface area contributed by atoms with E-state index in [-0.39, 0.29) is 47.5 Å². The maximum Gasteiger partial charge on any atom is 0.573 e. The summed E-state index contributed by atoms with van der Waals surface area (Å²) in [6.45, 7) is 2.26. The van der Waals surface area contributed by atoms with Gasteiger partial charge in [0.25, 0.3) is 0 Å². The van der Waals surface area contributed by atoms with E-state index in [9.17, 15) is 22.8 Å². The van der Waals surface area contributed by atoms with Gasteiger partial charge in [-0.15, -0.1) is 35.8 Å². The smallest absolute Gasteiger partial charge is 0.465 e. The number of hydrogen-bond donors (Lipinski definition) is 0. The molecular weight excluding hydrogens is 631 g/mol. The van der Waals surface area contributed by atoms with Crippen LogP contribution in [0, 0.1) is 0 Å². The number of nitrogens with zero attached hydrogens (tertiary/aromatic N) is 3. The van der Waals surface area contributed by atoms with Crippen molar-refractivity contribution in [2.75, 3.05) is 18.6 Å². The molecule has 1 saturated carbocycles. The van der Waals surface area contributed by atoms with Crippen molar-refractivity contribution in [3.8, 4) is 27.6 Å². The van der Waals surface area contributed by atoms with Gasteiger partial charge >= 0.3 is 12.3 Å². The highest BCUT2D eigenvalue weighted by Crippen LogP contribution is 2.46. The Kier molecular flexibility index (Phi) is 8.98. The number of carbonyl (C=O) groups is 2. The molecule has 2 atom stereocenters. The fourth-order valence-corrected chi connectivity index (χ4v) is 7.40. The van der Waals surface area contributed by atoms with E-state index >= 15 is 0 Å². The van der Waals surface area contributed by atoms with Crippen LogP contribution in [0.5, 0.6) is 5.75 Å². The second-order valence-electron chi connectivity index (χ2n) is 11.1. The summed E-state index contributed by atoms with van der Waals surface area (Å²) in [5.74, 6) is 0.0615. The van der Waals surface area contributed by atoms with Crippen LogP contribution in [0.25, 0.3) is 21.8 Å². The SMILES string of the molecule is COC(=O)c1csc(-c2csc(N3CC[C@@H](OCc4c(-c5ccccc5OC(F)(F)F)noc4C4CC4)CC3CC(C)=O)n2)c1. The van der Waals surface area contributed by atoms with E-state index in [0.29, 0.717) is 42.7 Å². The fraction of sp³-hybridized carbons (Fsp3) is 0.419. The van der Waals surface area contributed by atoms with Gasteiger partial charge in [-0.25, -0.2) is 9.78 Å². The van der Waals surface area contributed by atoms with Crippen LogP contribution in [0.2, 0.25) is 0 Å². The molecule has 1 aliphatic heterocycles. The summed E-state index contributed by atoms with van der Waals surface area (Å²) in [5, 5.41) is 8.61. The predicted molar refractivity (Wildman–Crippen MR) is 162 cm³/mol. The van der Waals surface area contributed by atoms with Crippen LogP contribution >= 0.6 is 22.7 Å². The van der Waals surface area contributed by atoms with Crippen molar-refractivity contribution in [1.82, 2.24) is 10.1 Å². The predicted octanol–water partition coefficient (Wildman–Crippen LogP) is 7.62. The summed E-state index contributed by atoms with van der Waals surface area (Å²) in [7, 11) is 1.34. The summed E-state index contributed by atoms with van der Waals surface area (Å²) in [4.78, 5) is 32.0. The van der Waals surface area contributed by atoms with Crippen molar-refractivity contribution < 1.29 is 41.5 Å². The minimum absolute atomic E-state index is 0.0435. The molecule has 1 unspecified atom stereocenters. The standard InChI is InChI=1S/C31H30F3N3O6S2/c1-17(38)11-20-13-21(9-10-37(20)30-35-24(16-45-30)26-12-19(15-44-26)29(39)40-2)41-14-23-27(36-43-28(23)18-7-8-18)22-5-3-4-6-25(22)42-31(32,33)34/h3-6,12,15-16,18,20-21H,7-11,13-14H2,1-2H3/t20?,21-/m1/s1. The number of ether oxygens (including phenoxy) is 3. The Morgan fingerprint density at radius 2 is 1.93 bits per heavy atom. The number of alkyl halides is 3. The molecular formula is C31H30F3N3O6S2. The van der Waals surface area contributed by atoms with Crippen LogP contribution in [-0.2, 0) is 20.9 Å². The number of halogens is 3. The first-order chi connectivity index (χ1) is 21.6. The molecule has 14 heteroatoms. The largest absolute Gasteiger partial charge is 0.573 e. The topological polar surface area (TPSA) is 104 Å². The number of para-hydroxylation sites is 1. The molecule has 0 N–H and O–H groups in total. The van der Waals surface area contributed by atoms with Gasteiger partial charge in [0.15, 0.2) is 5.13 Å². The second kappa shape index (κ2) is 12.9. The minimum atomic E-state index is -4.86. The molecule has 2 fully saturated rings. The number of thiazole rings is 1. The number of carbonyl (C=O) groups excluding carboxylic acids is 2. The molecule has 1 aromatic carbocycles. The zero-order valence-corrected chi connectivity index (χ0v) is 26.1. The lowest BCUT2D eigenvalue weighted by molar-refractivity contribution is -0.274. The maximum atomic E-state index is 13.1. The van der Waals surface area contributed by atoms with E-state index in [2.05, 4.69) is 14.8 Å². The van der Waals surface area contributed by atoms with Gasteiger partial charge in [0, 0.05) is 46.8 Å². The Balaban J connectivity index is 1.18. The summed E-state index contributed by atoms with van der Waals surface area (Å²) in [6, 6.07) is 7.47. The van der Waals surface area contributed by atoms with Gasteiger partial charge in [0.2, 0.25) is 0 Å². The average molecular weight is 662 g/mol. The van der Waals surface area contributed by atoms with E-state index in [1.165, 1.54) is 48.0 Å². The normalized spacial score (nSPS) is 18.6. The minimum Gasteiger partial charge on any atom is -0.465 e. The van der Waals surface area contributed by atoms with E-state index in [1.54, 1.807) is 24.4 Å². The highest BCUT2D eigenvalue weighted by molar-refractivity contribution is 7.16. The van der Waals surface area contributed by atoms with Crippen LogP contribution in [0.4, 0.5) is 18.3 Å². The molecule has 0 spiro atoms. The van der Waals surface area contributed by atoms with Gasteiger partial charge in [-0.1, -0.05) is 17.3 Å². The highest BCUT2D eigenvalue weighted by Gasteiger charge is 2.37. The first kappa shape index (κ1) is 31.2. The number of benzene rings is 1. The molecule has 45 heavy (non-hydrogen) atoms. The highest BCUT2D eigenvalue weighted by atomic mass is 32.1. The zero-order valence-electron chi connectivity index (χ0n) is 24.5. The summed E-state index contributed by atoms with van der Waals surface area (Å²) in [5.41, 5.74) is 2.29. The number of thiophene rings is 1. The third-order valence-corrected chi connectivity index (χ3v) is 9.63. The Labute approximate surface area is 264 Å². The third-order valence-electron chi connectivity index (χ3n) is 7.80. The van der Waals surface area contributed by atoms with Crippen LogP contribution in [-0.4, -0.2) is 54.1 Å². The molecule has 0 bridgehead atoms. The molecule has 6 rings (SSSR count). The maximum absolute atomic E-state index is 13.1. The second-order valence-corrected chi connectivity index (χ2v) is 12.9. The Morgan fingerprint density at radius 1 is 1.13 bits per heavy atom. The first-order valence-electron chi connectivity index (χ1n) is 14.4. The number of anilines is 1. The van der Waals surface area contributed by atoms with Crippen LogP contribution < -0.4 is 9.64 Å². The number of rotatable bonds is 11. The van der Waals surface area contributed by atoms with E-state index in [4.69, 9.17) is 19.0 Å². The van der Waals surface area contributed by atoms with Gasteiger partial charge in [-0.3, -0.25) is 4.79 Å². The number of hydrogen-bond acceptors (Lipinski definition) is 11. The molecule has 1 saturated heterocycles. The Morgan fingerprint density at radius 3 is 2.67 bits per heavy atom. The van der Waals surface area contributed by atoms with Crippen LogP contribution in [0.3, 0.4) is 0 Å². The van der Waals surface area contributed by atoms with Crippen molar-refractivity contribution in [3.63, 3.8) is 0 Å². The monoisotopic (exact) mass is 661 g/mol. The molecule has 9 nitrogen and oxygen atoms in total.